The first-order chi connectivity index (χ1) is 16.5. The second-order valence-corrected chi connectivity index (χ2v) is 10.4. The molecule has 0 aliphatic carbocycles. The van der Waals surface area contributed by atoms with Crippen molar-refractivity contribution in [3.05, 3.63) is 70.0 Å². The number of nitriles is 1. The highest BCUT2D eigenvalue weighted by Gasteiger charge is 2.23. The fourth-order valence-corrected chi connectivity index (χ4v) is 4.70. The molecule has 2 aromatic heterocycles. The molecule has 0 fully saturated rings. The number of nitrogen functional groups attached to an aromatic ring is 2. The van der Waals surface area contributed by atoms with E-state index in [2.05, 4.69) is 26.1 Å². The van der Waals surface area contributed by atoms with Gasteiger partial charge in [0.05, 0.1) is 22.6 Å². The summed E-state index contributed by atoms with van der Waals surface area (Å²) in [6, 6.07) is 11.4. The van der Waals surface area contributed by atoms with Gasteiger partial charge in [0.25, 0.3) is 5.56 Å². The van der Waals surface area contributed by atoms with Crippen LogP contribution in [0.2, 0.25) is 0 Å². The van der Waals surface area contributed by atoms with Crippen LogP contribution >= 0.6 is 0 Å². The van der Waals surface area contributed by atoms with Crippen molar-refractivity contribution in [1.82, 2.24) is 19.5 Å². The Kier molecular flexibility index (Phi) is 5.87. The first-order valence-corrected chi connectivity index (χ1v) is 12.4. The maximum absolute atomic E-state index is 14.1. The molecule has 178 valence electrons. The molecule has 2 aromatic carbocycles. The van der Waals surface area contributed by atoms with E-state index in [1.807, 2.05) is 6.07 Å². The van der Waals surface area contributed by atoms with Crippen molar-refractivity contribution in [3.8, 4) is 11.8 Å². The van der Waals surface area contributed by atoms with Gasteiger partial charge in [0.15, 0.2) is 5.82 Å². The predicted octanol–water partition coefficient (Wildman–Crippen LogP) is 2.23. The third-order valence-electron chi connectivity index (χ3n) is 5.22. The van der Waals surface area contributed by atoms with E-state index in [0.717, 1.165) is 0 Å². The minimum absolute atomic E-state index is 0.0310. The standard InChI is InChI=1S/C23H21FN8O2S/c1-12(28-20-15(11-25)19(26)30-23(27)31-20)21-29-16-8-5-9-17(35(2,3)34)18(16)22(33)32(21)14-7-4-6-13(24)10-14/h4-10,12H,2H2,1,3H3,(H5,26,27,28,30,31). The van der Waals surface area contributed by atoms with Crippen molar-refractivity contribution in [2.45, 2.75) is 17.9 Å². The molecule has 0 spiro atoms. The smallest absolute Gasteiger partial charge is 0.267 e. The van der Waals surface area contributed by atoms with Crippen LogP contribution in [0.4, 0.5) is 22.0 Å². The molecule has 0 saturated heterocycles. The monoisotopic (exact) mass is 492 g/mol. The molecule has 2 unspecified atom stereocenters. The SMILES string of the molecule is C=S(C)(=O)c1cccc2nc(C(C)Nc3nc(N)nc(N)c3C#N)n(-c3cccc(F)c3)c(=O)c12. The molecule has 0 bridgehead atoms. The zero-order chi connectivity index (χ0) is 25.5. The van der Waals surface area contributed by atoms with E-state index in [1.54, 1.807) is 31.2 Å². The Morgan fingerprint density at radius 1 is 1.20 bits per heavy atom. The molecule has 4 rings (SSSR count). The molecule has 2 atom stereocenters. The number of rotatable bonds is 5. The molecule has 12 heteroatoms. The molecule has 10 nitrogen and oxygen atoms in total. The summed E-state index contributed by atoms with van der Waals surface area (Å²) >= 11 is 0. The number of benzene rings is 2. The largest absolute Gasteiger partial charge is 0.382 e. The van der Waals surface area contributed by atoms with Crippen LogP contribution in [-0.2, 0) is 9.52 Å². The molecule has 5 N–H and O–H groups in total. The second-order valence-electron chi connectivity index (χ2n) is 7.91. The van der Waals surface area contributed by atoms with E-state index in [0.29, 0.717) is 0 Å². The summed E-state index contributed by atoms with van der Waals surface area (Å²) in [5, 5.41) is 12.6. The van der Waals surface area contributed by atoms with Crippen LogP contribution in [0.5, 0.6) is 0 Å². The van der Waals surface area contributed by atoms with Crippen molar-refractivity contribution in [1.29, 1.82) is 5.26 Å². The Morgan fingerprint density at radius 2 is 1.91 bits per heavy atom. The Morgan fingerprint density at radius 3 is 2.57 bits per heavy atom. The average molecular weight is 493 g/mol. The number of fused-ring (bicyclic) bond motifs is 1. The lowest BCUT2D eigenvalue weighted by Crippen LogP contribution is -2.28. The normalized spacial score (nSPS) is 13.7. The van der Waals surface area contributed by atoms with Gasteiger partial charge in [0.2, 0.25) is 5.95 Å². The minimum atomic E-state index is -2.78. The van der Waals surface area contributed by atoms with Crippen molar-refractivity contribution < 1.29 is 8.60 Å². The summed E-state index contributed by atoms with van der Waals surface area (Å²) < 4.78 is 28.2. The van der Waals surface area contributed by atoms with Crippen molar-refractivity contribution in [2.24, 2.45) is 0 Å². The minimum Gasteiger partial charge on any atom is -0.382 e. The second kappa shape index (κ2) is 8.69. The highest BCUT2D eigenvalue weighted by atomic mass is 32.2. The Labute approximate surface area is 200 Å². The summed E-state index contributed by atoms with van der Waals surface area (Å²) in [6.07, 6.45) is 1.43. The fourth-order valence-electron chi connectivity index (χ4n) is 3.71. The maximum atomic E-state index is 14.1. The topological polar surface area (TPSA) is 166 Å². The summed E-state index contributed by atoms with van der Waals surface area (Å²) in [5.41, 5.74) is 11.4. The number of halogens is 1. The molecule has 0 aliphatic heterocycles. The highest BCUT2D eigenvalue weighted by molar-refractivity contribution is 7.99. The van der Waals surface area contributed by atoms with Crippen molar-refractivity contribution >= 4 is 43.9 Å². The number of anilines is 3. The number of aromatic nitrogens is 4. The van der Waals surface area contributed by atoms with E-state index < -0.39 is 26.9 Å². The lowest BCUT2D eigenvalue weighted by molar-refractivity contribution is 0.624. The average Bonchev–Trinajstić information content (AvgIpc) is 2.77. The Hall–Kier alpha value is -4.50. The number of nitrogens with zero attached hydrogens (tertiary/aromatic N) is 5. The zero-order valence-corrected chi connectivity index (χ0v) is 19.6. The van der Waals surface area contributed by atoms with Crippen LogP contribution in [-0.4, -0.2) is 35.9 Å². The number of hydrogen-bond acceptors (Lipinski definition) is 9. The number of nitrogens with two attached hydrogens (primary N) is 2. The summed E-state index contributed by atoms with van der Waals surface area (Å²) in [4.78, 5) is 26.5. The first-order valence-electron chi connectivity index (χ1n) is 10.2. The van der Waals surface area contributed by atoms with Gasteiger partial charge in [-0.05, 0) is 52.6 Å². The van der Waals surface area contributed by atoms with E-state index in [-0.39, 0.29) is 50.5 Å². The van der Waals surface area contributed by atoms with Crippen LogP contribution < -0.4 is 22.3 Å². The molecule has 35 heavy (non-hydrogen) atoms. The lowest BCUT2D eigenvalue weighted by Gasteiger charge is -2.21. The quantitative estimate of drug-likeness (QED) is 0.354. The molecular weight excluding hydrogens is 471 g/mol. The fraction of sp³-hybridized carbons (Fsp3) is 0.130. The molecule has 0 aliphatic rings. The van der Waals surface area contributed by atoms with Gasteiger partial charge in [-0.15, -0.1) is 0 Å². The first kappa shape index (κ1) is 23.7. The molecule has 2 heterocycles. The lowest BCUT2D eigenvalue weighted by atomic mass is 10.2. The van der Waals surface area contributed by atoms with Crippen molar-refractivity contribution in [3.63, 3.8) is 0 Å². The zero-order valence-electron chi connectivity index (χ0n) is 18.8. The van der Waals surface area contributed by atoms with E-state index in [1.165, 1.54) is 29.0 Å². The van der Waals surface area contributed by atoms with Crippen LogP contribution in [0.25, 0.3) is 16.6 Å². The van der Waals surface area contributed by atoms with E-state index in [4.69, 9.17) is 11.5 Å². The highest BCUT2D eigenvalue weighted by Crippen LogP contribution is 2.27. The summed E-state index contributed by atoms with van der Waals surface area (Å²) in [5.74, 6) is 3.11. The van der Waals surface area contributed by atoms with E-state index in [9.17, 15) is 18.7 Å². The molecule has 4 aromatic rings. The Bertz CT molecular complexity index is 1690. The van der Waals surface area contributed by atoms with Gasteiger partial charge in [-0.3, -0.25) is 13.6 Å². The third-order valence-corrected chi connectivity index (χ3v) is 6.49. The van der Waals surface area contributed by atoms with Crippen LogP contribution in [0.3, 0.4) is 0 Å². The predicted molar refractivity (Wildman–Crippen MR) is 134 cm³/mol. The van der Waals surface area contributed by atoms with Crippen LogP contribution in [0.1, 0.15) is 24.4 Å². The van der Waals surface area contributed by atoms with Gasteiger partial charge in [0.1, 0.15) is 29.1 Å². The van der Waals surface area contributed by atoms with Gasteiger partial charge in [-0.1, -0.05) is 12.1 Å². The van der Waals surface area contributed by atoms with Gasteiger partial charge in [-0.2, -0.15) is 15.2 Å². The van der Waals surface area contributed by atoms with Gasteiger partial charge < -0.3 is 16.8 Å². The number of hydrogen-bond donors (Lipinski definition) is 3. The summed E-state index contributed by atoms with van der Waals surface area (Å²) in [7, 11) is -2.78. The third kappa shape index (κ3) is 4.36. The van der Waals surface area contributed by atoms with Crippen LogP contribution in [0, 0.1) is 17.1 Å². The van der Waals surface area contributed by atoms with Crippen molar-refractivity contribution in [2.75, 3.05) is 23.0 Å². The van der Waals surface area contributed by atoms with Gasteiger partial charge >= 0.3 is 0 Å². The molecule has 0 saturated carbocycles. The molecule has 0 radical (unpaired) electrons. The number of nitrogens with one attached hydrogen (secondary N) is 1. The van der Waals surface area contributed by atoms with E-state index >= 15 is 0 Å². The van der Waals surface area contributed by atoms with Gasteiger partial charge in [0, 0.05) is 11.2 Å². The summed E-state index contributed by atoms with van der Waals surface area (Å²) in [6.45, 7) is 1.67. The molecule has 0 amide bonds. The van der Waals surface area contributed by atoms with Gasteiger partial charge in [-0.25, -0.2) is 9.37 Å². The Balaban J connectivity index is 2.02. The molecular formula is C23H21FN8O2S. The van der Waals surface area contributed by atoms with Crippen LogP contribution in [0.15, 0.2) is 52.2 Å². The maximum Gasteiger partial charge on any atom is 0.267 e.